The summed E-state index contributed by atoms with van der Waals surface area (Å²) in [5.74, 6) is 0. The second kappa shape index (κ2) is 8.00. The third-order valence-electron chi connectivity index (χ3n) is 3.98. The molecule has 130 valence electrons. The number of non-ortho nitro benzene ring substituents is 1. The lowest BCUT2D eigenvalue weighted by molar-refractivity contribution is -0.383. The molecule has 9 heteroatoms. The third kappa shape index (κ3) is 3.78. The first kappa shape index (κ1) is 18.1. The maximum absolute atomic E-state index is 11.0. The number of hydrogen-bond donors (Lipinski definition) is 0. The summed E-state index contributed by atoms with van der Waals surface area (Å²) in [4.78, 5) is 15.7. The number of hydrogen-bond acceptors (Lipinski definition) is 7. The Hall–Kier alpha value is -2.29. The number of thiocarbonyl (C=S) groups is 1. The van der Waals surface area contributed by atoms with E-state index in [1.165, 1.54) is 6.07 Å². The normalized spacial score (nSPS) is 10.8. The maximum atomic E-state index is 11.0. The highest BCUT2D eigenvalue weighted by atomic mass is 32.1. The van der Waals surface area contributed by atoms with E-state index in [0.717, 1.165) is 43.2 Å². The standard InChI is InChI=1S/C15H21N5O3S/c1-4-19(5-2)13(24)7-6-10-18(3)11-8-9-12(20(21)22)15-14(11)16-23-17-15/h8-9H,4-7,10H2,1-3H3. The second-order valence-corrected chi connectivity index (χ2v) is 5.88. The van der Waals surface area contributed by atoms with Crippen molar-refractivity contribution in [3.05, 3.63) is 22.2 Å². The fourth-order valence-corrected chi connectivity index (χ4v) is 3.02. The molecular weight excluding hydrogens is 330 g/mol. The first-order chi connectivity index (χ1) is 11.5. The lowest BCUT2D eigenvalue weighted by Gasteiger charge is -2.23. The van der Waals surface area contributed by atoms with Gasteiger partial charge in [0.2, 0.25) is 5.52 Å². The molecule has 0 radical (unpaired) electrons. The fourth-order valence-electron chi connectivity index (χ4n) is 2.62. The topological polar surface area (TPSA) is 88.5 Å². The Bertz CT molecular complexity index is 729. The van der Waals surface area contributed by atoms with E-state index in [-0.39, 0.29) is 11.2 Å². The molecule has 2 rings (SSSR count). The Morgan fingerprint density at radius 2 is 1.96 bits per heavy atom. The zero-order valence-electron chi connectivity index (χ0n) is 14.1. The molecule has 8 nitrogen and oxygen atoms in total. The van der Waals surface area contributed by atoms with E-state index in [9.17, 15) is 10.1 Å². The van der Waals surface area contributed by atoms with Gasteiger partial charge in [0.25, 0.3) is 0 Å². The van der Waals surface area contributed by atoms with E-state index in [4.69, 9.17) is 16.8 Å². The van der Waals surface area contributed by atoms with Crippen LogP contribution in [0.3, 0.4) is 0 Å². The average Bonchev–Trinajstić information content (AvgIpc) is 3.04. The molecule has 0 bridgehead atoms. The Morgan fingerprint density at radius 1 is 1.29 bits per heavy atom. The lowest BCUT2D eigenvalue weighted by Crippen LogP contribution is -2.29. The number of benzene rings is 1. The van der Waals surface area contributed by atoms with Crippen LogP contribution >= 0.6 is 12.2 Å². The molecule has 0 saturated carbocycles. The van der Waals surface area contributed by atoms with Gasteiger partial charge < -0.3 is 9.80 Å². The molecule has 0 amide bonds. The first-order valence-corrected chi connectivity index (χ1v) is 8.29. The highest BCUT2D eigenvalue weighted by Gasteiger charge is 2.21. The van der Waals surface area contributed by atoms with Crippen molar-refractivity contribution in [3.8, 4) is 0 Å². The van der Waals surface area contributed by atoms with Gasteiger partial charge in [-0.25, -0.2) is 4.63 Å². The van der Waals surface area contributed by atoms with Crippen LogP contribution in [0.2, 0.25) is 0 Å². The number of nitro groups is 1. The van der Waals surface area contributed by atoms with Crippen molar-refractivity contribution < 1.29 is 9.55 Å². The predicted molar refractivity (Wildman–Crippen MR) is 96.5 cm³/mol. The summed E-state index contributed by atoms with van der Waals surface area (Å²) in [5.41, 5.74) is 1.22. The Labute approximate surface area is 145 Å². The van der Waals surface area contributed by atoms with Gasteiger partial charge in [0.15, 0.2) is 5.52 Å². The summed E-state index contributed by atoms with van der Waals surface area (Å²) in [6, 6.07) is 3.10. The van der Waals surface area contributed by atoms with Crippen LogP contribution in [0.15, 0.2) is 16.8 Å². The van der Waals surface area contributed by atoms with Gasteiger partial charge in [-0.15, -0.1) is 0 Å². The van der Waals surface area contributed by atoms with Crippen molar-refractivity contribution >= 4 is 39.6 Å². The van der Waals surface area contributed by atoms with Crippen LogP contribution in [0, 0.1) is 10.1 Å². The summed E-state index contributed by atoms with van der Waals surface area (Å²) < 4.78 is 4.69. The summed E-state index contributed by atoms with van der Waals surface area (Å²) in [6.45, 7) is 6.76. The summed E-state index contributed by atoms with van der Waals surface area (Å²) >= 11 is 5.45. The molecule has 1 aromatic heterocycles. The van der Waals surface area contributed by atoms with Gasteiger partial charge in [0.05, 0.1) is 15.6 Å². The third-order valence-corrected chi connectivity index (χ3v) is 4.44. The number of rotatable bonds is 8. The van der Waals surface area contributed by atoms with Crippen LogP contribution < -0.4 is 4.90 Å². The number of fused-ring (bicyclic) bond motifs is 1. The monoisotopic (exact) mass is 351 g/mol. The Morgan fingerprint density at radius 3 is 2.58 bits per heavy atom. The maximum Gasteiger partial charge on any atom is 0.300 e. The number of nitro benzene ring substituents is 1. The summed E-state index contributed by atoms with van der Waals surface area (Å²) in [7, 11) is 1.91. The quantitative estimate of drug-likeness (QED) is 0.407. The van der Waals surface area contributed by atoms with Crippen LogP contribution in [0.25, 0.3) is 11.0 Å². The molecule has 0 N–H and O–H groups in total. The highest BCUT2D eigenvalue weighted by molar-refractivity contribution is 7.80. The second-order valence-electron chi connectivity index (χ2n) is 5.41. The van der Waals surface area contributed by atoms with Gasteiger partial charge in [0, 0.05) is 32.7 Å². The van der Waals surface area contributed by atoms with Crippen LogP contribution in [-0.4, -0.2) is 51.8 Å². The number of anilines is 1. The van der Waals surface area contributed by atoms with E-state index >= 15 is 0 Å². The molecule has 0 unspecified atom stereocenters. The van der Waals surface area contributed by atoms with Crippen LogP contribution in [0.4, 0.5) is 11.4 Å². The van der Waals surface area contributed by atoms with Crippen LogP contribution in [-0.2, 0) is 0 Å². The molecule has 0 saturated heterocycles. The predicted octanol–water partition coefficient (Wildman–Crippen LogP) is 3.02. The van der Waals surface area contributed by atoms with Crippen LogP contribution in [0.1, 0.15) is 26.7 Å². The molecule has 2 aromatic rings. The van der Waals surface area contributed by atoms with Crippen molar-refractivity contribution in [2.24, 2.45) is 0 Å². The zero-order chi connectivity index (χ0) is 17.7. The van der Waals surface area contributed by atoms with Gasteiger partial charge in [-0.3, -0.25) is 10.1 Å². The van der Waals surface area contributed by atoms with E-state index < -0.39 is 4.92 Å². The number of aromatic nitrogens is 2. The van der Waals surface area contributed by atoms with E-state index in [1.807, 2.05) is 11.9 Å². The molecule has 0 aliphatic heterocycles. The molecule has 0 atom stereocenters. The first-order valence-electron chi connectivity index (χ1n) is 7.88. The van der Waals surface area contributed by atoms with Crippen molar-refractivity contribution in [1.29, 1.82) is 0 Å². The minimum absolute atomic E-state index is 0.105. The van der Waals surface area contributed by atoms with Gasteiger partial charge >= 0.3 is 5.69 Å². The summed E-state index contributed by atoms with van der Waals surface area (Å²) in [5, 5.41) is 18.5. The van der Waals surface area contributed by atoms with Crippen molar-refractivity contribution in [2.45, 2.75) is 26.7 Å². The largest absolute Gasteiger partial charge is 0.373 e. The fraction of sp³-hybridized carbons (Fsp3) is 0.533. The van der Waals surface area contributed by atoms with Crippen molar-refractivity contribution in [2.75, 3.05) is 31.6 Å². The molecule has 1 heterocycles. The molecule has 0 aliphatic rings. The van der Waals surface area contributed by atoms with E-state index in [1.54, 1.807) is 6.07 Å². The van der Waals surface area contributed by atoms with Crippen molar-refractivity contribution in [1.82, 2.24) is 15.2 Å². The molecular formula is C15H21N5O3S. The van der Waals surface area contributed by atoms with Gasteiger partial charge in [-0.05, 0) is 43.1 Å². The molecule has 0 fully saturated rings. The molecule has 1 aromatic carbocycles. The Kier molecular flexibility index (Phi) is 6.02. The molecule has 0 spiro atoms. The van der Waals surface area contributed by atoms with Gasteiger partial charge in [-0.2, -0.15) is 0 Å². The summed E-state index contributed by atoms with van der Waals surface area (Å²) in [6.07, 6.45) is 1.71. The smallest absolute Gasteiger partial charge is 0.300 e. The van der Waals surface area contributed by atoms with E-state index in [0.29, 0.717) is 5.52 Å². The minimum Gasteiger partial charge on any atom is -0.373 e. The lowest BCUT2D eigenvalue weighted by atomic mass is 10.2. The minimum atomic E-state index is -0.487. The van der Waals surface area contributed by atoms with E-state index in [2.05, 4.69) is 29.1 Å². The number of nitrogens with zero attached hydrogens (tertiary/aromatic N) is 5. The molecule has 0 aliphatic carbocycles. The Balaban J connectivity index is 2.06. The zero-order valence-corrected chi connectivity index (χ0v) is 14.9. The van der Waals surface area contributed by atoms with Gasteiger partial charge in [-0.1, -0.05) is 12.2 Å². The van der Waals surface area contributed by atoms with Crippen molar-refractivity contribution in [3.63, 3.8) is 0 Å². The average molecular weight is 351 g/mol. The SMILES string of the molecule is CCN(CC)C(=S)CCCN(C)c1ccc([N+](=O)[O-])c2nonc12. The van der Waals surface area contributed by atoms with Crippen LogP contribution in [0.5, 0.6) is 0 Å². The highest BCUT2D eigenvalue weighted by Crippen LogP contribution is 2.30. The molecule has 24 heavy (non-hydrogen) atoms. The van der Waals surface area contributed by atoms with Gasteiger partial charge in [0.1, 0.15) is 0 Å².